The van der Waals surface area contributed by atoms with Crippen molar-refractivity contribution in [2.75, 3.05) is 25.0 Å². The molecule has 4 rings (SSSR count). The third kappa shape index (κ3) is 4.61. The summed E-state index contributed by atoms with van der Waals surface area (Å²) in [4.78, 5) is 31.6. The van der Waals surface area contributed by atoms with Gasteiger partial charge in [-0.3, -0.25) is 19.5 Å². The molecule has 0 aliphatic carbocycles. The van der Waals surface area contributed by atoms with E-state index in [0.717, 1.165) is 5.56 Å². The molecule has 1 fully saturated rings. The Morgan fingerprint density at radius 3 is 2.48 bits per heavy atom. The lowest BCUT2D eigenvalue weighted by Gasteiger charge is -2.36. The number of nitrogens with one attached hydrogen (secondary N) is 2. The molecule has 2 aromatic rings. The van der Waals surface area contributed by atoms with Crippen molar-refractivity contribution in [3.63, 3.8) is 0 Å². The zero-order valence-electron chi connectivity index (χ0n) is 15.6. The van der Waals surface area contributed by atoms with Crippen molar-refractivity contribution in [2.45, 2.75) is 18.5 Å². The van der Waals surface area contributed by atoms with Crippen LogP contribution in [0.4, 0.5) is 5.69 Å². The van der Waals surface area contributed by atoms with E-state index >= 15 is 0 Å². The highest BCUT2D eigenvalue weighted by molar-refractivity contribution is 6.47. The molecule has 2 aromatic carbocycles. The molecule has 8 heteroatoms. The molecular weight excluding hydrogens is 411 g/mol. The summed E-state index contributed by atoms with van der Waals surface area (Å²) in [7, 11) is 0. The molecular formula is C21H20Cl2N4O2. The number of anilines is 1. The van der Waals surface area contributed by atoms with Crippen molar-refractivity contribution < 1.29 is 9.59 Å². The summed E-state index contributed by atoms with van der Waals surface area (Å²) >= 11 is 12.0. The molecule has 0 unspecified atom stereocenters. The smallest absolute Gasteiger partial charge is 0.272 e. The molecule has 29 heavy (non-hydrogen) atoms. The summed E-state index contributed by atoms with van der Waals surface area (Å²) in [5.74, 6) is -0.277. The first-order chi connectivity index (χ1) is 13.9. The van der Waals surface area contributed by atoms with E-state index in [1.807, 2.05) is 6.07 Å². The summed E-state index contributed by atoms with van der Waals surface area (Å²) in [5, 5.41) is 7.03. The van der Waals surface area contributed by atoms with Crippen LogP contribution in [0, 0.1) is 0 Å². The second-order valence-electron chi connectivity index (χ2n) is 7.29. The van der Waals surface area contributed by atoms with Gasteiger partial charge in [-0.15, -0.1) is 0 Å². The third-order valence-electron chi connectivity index (χ3n) is 5.14. The van der Waals surface area contributed by atoms with Crippen molar-refractivity contribution in [2.24, 2.45) is 4.99 Å². The number of amides is 2. The van der Waals surface area contributed by atoms with Crippen LogP contribution in [0.2, 0.25) is 10.0 Å². The fourth-order valence-corrected chi connectivity index (χ4v) is 4.06. The van der Waals surface area contributed by atoms with E-state index in [-0.39, 0.29) is 18.4 Å². The lowest BCUT2D eigenvalue weighted by molar-refractivity contribution is -0.119. The Morgan fingerprint density at radius 2 is 1.79 bits per heavy atom. The first kappa shape index (κ1) is 19.9. The number of hydrogen-bond donors (Lipinski definition) is 2. The van der Waals surface area contributed by atoms with Crippen LogP contribution in [-0.2, 0) is 9.59 Å². The molecule has 0 atom stereocenters. The number of nitrogens with zero attached hydrogens (tertiary/aromatic N) is 2. The Bertz CT molecular complexity index is 984. The minimum absolute atomic E-state index is 0.0956. The maximum Gasteiger partial charge on any atom is 0.272 e. The zero-order valence-corrected chi connectivity index (χ0v) is 17.1. The Morgan fingerprint density at radius 1 is 1.10 bits per heavy atom. The van der Waals surface area contributed by atoms with E-state index in [0.29, 0.717) is 47.4 Å². The number of piperidine rings is 1. The molecule has 2 aliphatic heterocycles. The highest BCUT2D eigenvalue weighted by atomic mass is 35.5. The fourth-order valence-electron chi connectivity index (χ4n) is 3.68. The predicted octanol–water partition coefficient (Wildman–Crippen LogP) is 3.34. The summed E-state index contributed by atoms with van der Waals surface area (Å²) in [5.41, 5.74) is 1.21. The van der Waals surface area contributed by atoms with E-state index in [1.165, 1.54) is 0 Å². The Labute approximate surface area is 178 Å². The van der Waals surface area contributed by atoms with Gasteiger partial charge in [-0.2, -0.15) is 0 Å². The molecule has 0 saturated carbocycles. The van der Waals surface area contributed by atoms with Crippen molar-refractivity contribution >= 4 is 46.4 Å². The van der Waals surface area contributed by atoms with E-state index in [1.54, 1.807) is 42.5 Å². The van der Waals surface area contributed by atoms with E-state index < -0.39 is 5.66 Å². The molecule has 2 aliphatic rings. The predicted molar refractivity (Wildman–Crippen MR) is 115 cm³/mol. The largest absolute Gasteiger partial charge is 0.326 e. The van der Waals surface area contributed by atoms with E-state index in [4.69, 9.17) is 28.2 Å². The average Bonchev–Trinajstić information content (AvgIpc) is 3.00. The van der Waals surface area contributed by atoms with Crippen LogP contribution in [-0.4, -0.2) is 47.7 Å². The number of hydrogen-bond acceptors (Lipinski definition) is 4. The van der Waals surface area contributed by atoms with Gasteiger partial charge in [0.2, 0.25) is 5.91 Å². The molecule has 150 valence electrons. The second kappa shape index (κ2) is 8.14. The van der Waals surface area contributed by atoms with Crippen LogP contribution in [0.15, 0.2) is 53.5 Å². The molecule has 0 radical (unpaired) electrons. The summed E-state index contributed by atoms with van der Waals surface area (Å²) in [6.45, 7) is 1.60. The van der Waals surface area contributed by atoms with Crippen molar-refractivity contribution in [3.8, 4) is 0 Å². The fraction of sp³-hybridized carbons (Fsp3) is 0.286. The third-order valence-corrected chi connectivity index (χ3v) is 5.61. The van der Waals surface area contributed by atoms with Gasteiger partial charge in [-0.05, 0) is 30.3 Å². The molecule has 2 heterocycles. The first-order valence-electron chi connectivity index (χ1n) is 9.39. The van der Waals surface area contributed by atoms with Crippen molar-refractivity contribution in [1.82, 2.24) is 10.2 Å². The van der Waals surface area contributed by atoms with Gasteiger partial charge in [-0.25, -0.2) is 0 Å². The maximum atomic E-state index is 12.5. The summed E-state index contributed by atoms with van der Waals surface area (Å²) < 4.78 is 0. The SMILES string of the molecule is O=C(CN1CCC2(CC1)N=C(c1cccc(Cl)c1)C(=O)N2)Nc1cccc(Cl)c1. The Kier molecular flexibility index (Phi) is 5.58. The van der Waals surface area contributed by atoms with E-state index in [2.05, 4.69) is 15.5 Å². The minimum atomic E-state index is -0.603. The molecule has 2 amide bonds. The molecule has 2 N–H and O–H groups in total. The zero-order chi connectivity index (χ0) is 20.4. The van der Waals surface area contributed by atoms with Gasteiger partial charge < -0.3 is 10.6 Å². The molecule has 0 bridgehead atoms. The van der Waals surface area contributed by atoms with Gasteiger partial charge >= 0.3 is 0 Å². The topological polar surface area (TPSA) is 73.8 Å². The summed E-state index contributed by atoms with van der Waals surface area (Å²) in [6.07, 6.45) is 1.29. The van der Waals surface area contributed by atoms with Crippen LogP contribution in [0.3, 0.4) is 0 Å². The van der Waals surface area contributed by atoms with Crippen LogP contribution >= 0.6 is 23.2 Å². The van der Waals surface area contributed by atoms with Crippen molar-refractivity contribution in [3.05, 3.63) is 64.1 Å². The quantitative estimate of drug-likeness (QED) is 0.780. The molecule has 1 saturated heterocycles. The van der Waals surface area contributed by atoms with Crippen LogP contribution in [0.25, 0.3) is 0 Å². The lowest BCUT2D eigenvalue weighted by atomic mass is 9.98. The Balaban J connectivity index is 1.36. The minimum Gasteiger partial charge on any atom is -0.326 e. The number of carbonyl (C=O) groups excluding carboxylic acids is 2. The molecule has 1 spiro atoms. The molecule has 6 nitrogen and oxygen atoms in total. The van der Waals surface area contributed by atoms with Gasteiger partial charge in [0.15, 0.2) is 0 Å². The summed E-state index contributed by atoms with van der Waals surface area (Å²) in [6, 6.07) is 14.2. The van der Waals surface area contributed by atoms with Gasteiger partial charge in [-0.1, -0.05) is 41.4 Å². The monoisotopic (exact) mass is 430 g/mol. The second-order valence-corrected chi connectivity index (χ2v) is 8.16. The molecule has 0 aromatic heterocycles. The number of rotatable bonds is 4. The van der Waals surface area contributed by atoms with Crippen LogP contribution < -0.4 is 10.6 Å². The average molecular weight is 431 g/mol. The number of halogens is 2. The number of carbonyl (C=O) groups is 2. The number of benzene rings is 2. The first-order valence-corrected chi connectivity index (χ1v) is 10.1. The van der Waals surface area contributed by atoms with Gasteiger partial charge in [0, 0.05) is 47.2 Å². The van der Waals surface area contributed by atoms with Gasteiger partial charge in [0.1, 0.15) is 11.4 Å². The van der Waals surface area contributed by atoms with Gasteiger partial charge in [0.25, 0.3) is 5.91 Å². The highest BCUT2D eigenvalue weighted by Gasteiger charge is 2.42. The highest BCUT2D eigenvalue weighted by Crippen LogP contribution is 2.29. The Hall–Kier alpha value is -2.41. The van der Waals surface area contributed by atoms with Gasteiger partial charge in [0.05, 0.1) is 6.54 Å². The van der Waals surface area contributed by atoms with E-state index in [9.17, 15) is 9.59 Å². The van der Waals surface area contributed by atoms with Crippen molar-refractivity contribution in [1.29, 1.82) is 0 Å². The number of aliphatic imine (C=N–C) groups is 1. The standard InChI is InChI=1S/C21H20Cl2N4O2/c22-15-4-1-3-14(11-15)19-20(29)26-21(25-19)7-9-27(10-8-21)13-18(28)24-17-6-2-5-16(23)12-17/h1-6,11-12H,7-10,13H2,(H,24,28)(H,26,29). The van der Waals surface area contributed by atoms with Crippen LogP contribution in [0.5, 0.6) is 0 Å². The normalized spacial score (nSPS) is 18.4. The maximum absolute atomic E-state index is 12.5. The lowest BCUT2D eigenvalue weighted by Crippen LogP contribution is -2.52. The number of likely N-dealkylation sites (tertiary alicyclic amines) is 1. The van der Waals surface area contributed by atoms with Crippen LogP contribution in [0.1, 0.15) is 18.4 Å².